The molecule has 1 N–H and O–H groups in total. The van der Waals surface area contributed by atoms with E-state index in [1.54, 1.807) is 20.8 Å². The van der Waals surface area contributed by atoms with Gasteiger partial charge in [0.05, 0.1) is 10.5 Å². The molecule has 10 nitrogen and oxygen atoms in total. The summed E-state index contributed by atoms with van der Waals surface area (Å²) < 4.78 is 61.7. The van der Waals surface area contributed by atoms with Gasteiger partial charge in [0.2, 0.25) is 16.0 Å². The van der Waals surface area contributed by atoms with Crippen molar-refractivity contribution in [2.45, 2.75) is 62.6 Å². The predicted octanol–water partition coefficient (Wildman–Crippen LogP) is 2.98. The smallest absolute Gasteiger partial charge is 0.437 e. The molecule has 0 radical (unpaired) electrons. The van der Waals surface area contributed by atoms with E-state index >= 15 is 0 Å². The van der Waals surface area contributed by atoms with Crippen molar-refractivity contribution in [2.24, 2.45) is 4.99 Å². The molecular formula is C19H24F2N4O6S. The van der Waals surface area contributed by atoms with Crippen molar-refractivity contribution >= 4 is 27.8 Å². The number of nitro groups is 1. The Bertz CT molecular complexity index is 1090. The molecule has 1 aromatic carbocycles. The van der Waals surface area contributed by atoms with Crippen molar-refractivity contribution in [3.05, 3.63) is 39.7 Å². The predicted molar refractivity (Wildman–Crippen MR) is 111 cm³/mol. The molecule has 176 valence electrons. The highest BCUT2D eigenvalue weighted by atomic mass is 32.2. The van der Waals surface area contributed by atoms with Gasteiger partial charge in [-0.3, -0.25) is 10.1 Å². The molecule has 0 spiro atoms. The second-order valence-electron chi connectivity index (χ2n) is 8.81. The lowest BCUT2D eigenvalue weighted by Gasteiger charge is -2.51. The van der Waals surface area contributed by atoms with Crippen molar-refractivity contribution in [1.29, 1.82) is 0 Å². The van der Waals surface area contributed by atoms with Crippen molar-refractivity contribution in [2.75, 3.05) is 7.05 Å². The molecule has 2 fully saturated rings. The monoisotopic (exact) mass is 474 g/mol. The van der Waals surface area contributed by atoms with Crippen LogP contribution < -0.4 is 5.32 Å². The number of benzene rings is 1. The molecule has 1 aliphatic carbocycles. The molecule has 3 unspecified atom stereocenters. The molecule has 1 aromatic rings. The second-order valence-corrected chi connectivity index (χ2v) is 11.0. The first-order valence-corrected chi connectivity index (χ1v) is 11.3. The van der Waals surface area contributed by atoms with E-state index in [4.69, 9.17) is 4.74 Å². The van der Waals surface area contributed by atoms with Gasteiger partial charge in [0.25, 0.3) is 5.69 Å². The minimum atomic E-state index is -4.33. The van der Waals surface area contributed by atoms with Gasteiger partial charge in [-0.25, -0.2) is 26.3 Å². The number of carbonyl (C=O) groups is 1. The Balaban J connectivity index is 2.20. The SMILES string of the molecule is CN1/C(=N\C(=O)OC(C)(C)C)NC2(c3cc([N+](=O)[O-])ccc3F)CCC(F)CC2S1(=O)=O. The van der Waals surface area contributed by atoms with Crippen LogP contribution in [0.4, 0.5) is 19.3 Å². The number of fused-ring (bicyclic) bond motifs is 1. The van der Waals surface area contributed by atoms with Crippen LogP contribution in [0.3, 0.4) is 0 Å². The number of alkyl halides is 1. The molecule has 1 saturated heterocycles. The van der Waals surface area contributed by atoms with Crippen LogP contribution in [-0.2, 0) is 20.3 Å². The normalized spacial score (nSPS) is 28.6. The Kier molecular flexibility index (Phi) is 5.91. The van der Waals surface area contributed by atoms with E-state index in [2.05, 4.69) is 10.3 Å². The Morgan fingerprint density at radius 3 is 2.66 bits per heavy atom. The van der Waals surface area contributed by atoms with E-state index in [0.29, 0.717) is 4.31 Å². The molecule has 2 aliphatic rings. The Hall–Kier alpha value is -2.83. The Morgan fingerprint density at radius 2 is 2.06 bits per heavy atom. The van der Waals surface area contributed by atoms with Gasteiger partial charge in [-0.15, -0.1) is 4.99 Å². The first-order valence-electron chi connectivity index (χ1n) is 9.83. The number of ether oxygens (including phenoxy) is 1. The van der Waals surface area contributed by atoms with Gasteiger partial charge >= 0.3 is 6.09 Å². The average Bonchev–Trinajstić information content (AvgIpc) is 2.66. The molecule has 1 aliphatic heterocycles. The first-order chi connectivity index (χ1) is 14.7. The summed E-state index contributed by atoms with van der Waals surface area (Å²) in [5.74, 6) is -1.35. The standard InChI is InChI=1S/C19H24F2N4O6S/c1-18(2,3)31-17(26)22-16-23-19(13-10-12(25(27)28)5-6-14(13)21)8-7-11(20)9-15(19)32(29,30)24(16)4/h5-6,10-11,15H,7-9H2,1-4H3,(H,22,23,26). The lowest BCUT2D eigenvalue weighted by atomic mass is 9.75. The van der Waals surface area contributed by atoms with Crippen molar-refractivity contribution in [3.63, 3.8) is 0 Å². The fourth-order valence-corrected chi connectivity index (χ4v) is 5.99. The third kappa shape index (κ3) is 4.25. The van der Waals surface area contributed by atoms with Crippen LogP contribution in [0.2, 0.25) is 0 Å². The largest absolute Gasteiger partial charge is 0.442 e. The van der Waals surface area contributed by atoms with E-state index < -0.39 is 67.5 Å². The van der Waals surface area contributed by atoms with Gasteiger partial charge in [-0.1, -0.05) is 0 Å². The molecule has 0 bridgehead atoms. The molecule has 3 atom stereocenters. The first kappa shape index (κ1) is 23.8. The maximum atomic E-state index is 14.9. The maximum Gasteiger partial charge on any atom is 0.437 e. The highest BCUT2D eigenvalue weighted by Gasteiger charge is 2.58. The number of sulfonamides is 1. The van der Waals surface area contributed by atoms with Crippen LogP contribution >= 0.6 is 0 Å². The van der Waals surface area contributed by atoms with Gasteiger partial charge in [0.1, 0.15) is 22.8 Å². The number of hydrogen-bond acceptors (Lipinski definition) is 6. The zero-order valence-corrected chi connectivity index (χ0v) is 18.8. The Morgan fingerprint density at radius 1 is 1.41 bits per heavy atom. The number of rotatable bonds is 2. The number of guanidine groups is 1. The van der Waals surface area contributed by atoms with Crippen molar-refractivity contribution < 1.29 is 31.7 Å². The van der Waals surface area contributed by atoms with E-state index in [1.807, 2.05) is 0 Å². The number of amides is 1. The van der Waals surface area contributed by atoms with Gasteiger partial charge in [0, 0.05) is 24.7 Å². The summed E-state index contributed by atoms with van der Waals surface area (Å²) >= 11 is 0. The molecule has 0 aromatic heterocycles. The summed E-state index contributed by atoms with van der Waals surface area (Å²) in [5, 5.41) is 12.6. The lowest BCUT2D eigenvalue weighted by Crippen LogP contribution is -2.69. The van der Waals surface area contributed by atoms with Crippen LogP contribution in [0, 0.1) is 15.9 Å². The molecule has 13 heteroatoms. The highest BCUT2D eigenvalue weighted by molar-refractivity contribution is 7.90. The number of hydrogen-bond donors (Lipinski definition) is 1. The summed E-state index contributed by atoms with van der Waals surface area (Å²) in [6.07, 6.45) is -3.33. The van der Waals surface area contributed by atoms with E-state index in [1.165, 1.54) is 0 Å². The fraction of sp³-hybridized carbons (Fsp3) is 0.579. The molecule has 32 heavy (non-hydrogen) atoms. The van der Waals surface area contributed by atoms with Gasteiger partial charge in [-0.05, 0) is 46.1 Å². The van der Waals surface area contributed by atoms with Crippen LogP contribution in [-0.4, -0.2) is 53.8 Å². The molecule has 1 saturated carbocycles. The summed E-state index contributed by atoms with van der Waals surface area (Å²) in [4.78, 5) is 26.5. The molecule has 3 rings (SSSR count). The number of halogens is 2. The van der Waals surface area contributed by atoms with Crippen LogP contribution in [0.25, 0.3) is 0 Å². The van der Waals surface area contributed by atoms with E-state index in [9.17, 15) is 32.1 Å². The number of nitrogens with zero attached hydrogens (tertiary/aromatic N) is 3. The molecular weight excluding hydrogens is 450 g/mol. The van der Waals surface area contributed by atoms with Crippen LogP contribution in [0.1, 0.15) is 45.6 Å². The third-order valence-electron chi connectivity index (χ3n) is 5.48. The zero-order chi connectivity index (χ0) is 24.1. The summed E-state index contributed by atoms with van der Waals surface area (Å²) in [6.45, 7) is 4.79. The summed E-state index contributed by atoms with van der Waals surface area (Å²) in [5.41, 5.74) is -3.45. The summed E-state index contributed by atoms with van der Waals surface area (Å²) in [7, 11) is -3.21. The maximum absolute atomic E-state index is 14.9. The number of nitro benzene ring substituents is 1. The topological polar surface area (TPSA) is 131 Å². The summed E-state index contributed by atoms with van der Waals surface area (Å²) in [6, 6.07) is 2.74. The van der Waals surface area contributed by atoms with E-state index in [0.717, 1.165) is 25.2 Å². The molecule has 1 heterocycles. The van der Waals surface area contributed by atoms with Gasteiger partial charge < -0.3 is 10.1 Å². The second kappa shape index (κ2) is 7.94. The van der Waals surface area contributed by atoms with Gasteiger partial charge in [0.15, 0.2) is 0 Å². The number of non-ortho nitro benzene ring substituents is 1. The Labute approximate surface area is 183 Å². The highest BCUT2D eigenvalue weighted by Crippen LogP contribution is 2.46. The minimum Gasteiger partial charge on any atom is -0.442 e. The third-order valence-corrected chi connectivity index (χ3v) is 7.73. The molecule has 1 amide bonds. The van der Waals surface area contributed by atoms with E-state index in [-0.39, 0.29) is 18.4 Å². The lowest BCUT2D eigenvalue weighted by molar-refractivity contribution is -0.385. The minimum absolute atomic E-state index is 0.120. The van der Waals surface area contributed by atoms with Crippen molar-refractivity contribution in [1.82, 2.24) is 9.62 Å². The number of carbonyl (C=O) groups excluding carboxylic acids is 1. The quantitative estimate of drug-likeness (QED) is 0.515. The average molecular weight is 474 g/mol. The van der Waals surface area contributed by atoms with Crippen LogP contribution in [0.15, 0.2) is 23.2 Å². The van der Waals surface area contributed by atoms with Gasteiger partial charge in [-0.2, -0.15) is 0 Å². The zero-order valence-electron chi connectivity index (χ0n) is 18.0. The van der Waals surface area contributed by atoms with Crippen molar-refractivity contribution in [3.8, 4) is 0 Å². The van der Waals surface area contributed by atoms with Crippen LogP contribution in [0.5, 0.6) is 0 Å². The number of nitrogens with one attached hydrogen (secondary N) is 1. The number of aliphatic imine (C=N–C) groups is 1. The fourth-order valence-electron chi connectivity index (χ4n) is 4.02.